The molecular weight excluding hydrogens is 600 g/mol. The lowest BCUT2D eigenvalue weighted by molar-refractivity contribution is -0.535. The zero-order valence-electron chi connectivity index (χ0n) is 26.9. The van der Waals surface area contributed by atoms with Gasteiger partial charge in [0.15, 0.2) is 16.2 Å². The zero-order valence-corrected chi connectivity index (χ0v) is 26.9. The van der Waals surface area contributed by atoms with Crippen molar-refractivity contribution < 1.29 is 38.3 Å². The number of aromatic nitrogens is 3. The molecule has 1 saturated heterocycles. The summed E-state index contributed by atoms with van der Waals surface area (Å²) in [4.78, 5) is 53.7. The number of unbranched alkanes of at least 4 members (excludes halogenated alkanes) is 3. The molecule has 46 heavy (non-hydrogen) atoms. The number of ketones is 1. The number of carbonyl (C=O) groups excluding carboxylic acids is 3. The summed E-state index contributed by atoms with van der Waals surface area (Å²) in [6, 6.07) is 6.51. The maximum Gasteiger partial charge on any atom is 0.322 e. The second kappa shape index (κ2) is 18.0. The van der Waals surface area contributed by atoms with E-state index in [9.17, 15) is 24.5 Å². The van der Waals surface area contributed by atoms with Crippen LogP contribution < -0.4 is 9.86 Å². The van der Waals surface area contributed by atoms with Gasteiger partial charge < -0.3 is 24.7 Å². The van der Waals surface area contributed by atoms with Crippen LogP contribution in [-0.2, 0) is 28.6 Å². The highest BCUT2D eigenvalue weighted by molar-refractivity contribution is 5.80. The highest BCUT2D eigenvalue weighted by Crippen LogP contribution is 2.34. The van der Waals surface area contributed by atoms with Gasteiger partial charge in [0.05, 0.1) is 22.7 Å². The van der Waals surface area contributed by atoms with Crippen LogP contribution in [0.4, 0.5) is 5.95 Å². The number of rotatable bonds is 18. The average molecular weight is 646 g/mol. The third-order valence-corrected chi connectivity index (χ3v) is 8.10. The highest BCUT2D eigenvalue weighted by atomic mass is 16.7. The lowest BCUT2D eigenvalue weighted by Gasteiger charge is -2.44. The Kier molecular flexibility index (Phi) is 14.2. The molecule has 1 aliphatic rings. The Balaban J connectivity index is 1.61. The molecule has 16 nitrogen and oxygen atoms in total. The largest absolute Gasteiger partial charge is 0.456 e. The van der Waals surface area contributed by atoms with Gasteiger partial charge in [-0.25, -0.2) is 0 Å². The maximum atomic E-state index is 13.1. The van der Waals surface area contributed by atoms with E-state index in [1.807, 2.05) is 18.7 Å². The normalized spacial score (nSPS) is 21.0. The highest BCUT2D eigenvalue weighted by Gasteiger charge is 2.45. The summed E-state index contributed by atoms with van der Waals surface area (Å²) in [7, 11) is 0. The maximum absolute atomic E-state index is 13.1. The van der Waals surface area contributed by atoms with Crippen molar-refractivity contribution in [3.05, 3.63) is 39.6 Å². The van der Waals surface area contributed by atoms with E-state index in [2.05, 4.69) is 20.4 Å². The first-order valence-corrected chi connectivity index (χ1v) is 15.6. The Labute approximate surface area is 267 Å². The molecule has 0 aliphatic carbocycles. The molecule has 1 aliphatic heterocycles. The molecule has 3 rings (SSSR count). The van der Waals surface area contributed by atoms with Gasteiger partial charge in [-0.05, 0) is 43.3 Å². The Morgan fingerprint density at radius 2 is 1.83 bits per heavy atom. The number of hydrogen-bond acceptors (Lipinski definition) is 12. The quantitative estimate of drug-likeness (QED) is 0.0456. The SMILES string of the molecule is CC(=O)OC1[C@H](OC(C)=O)OC(CN(CCCCCCN=[N+]=[N-])CC(=O)CCCNc2n[n+](=O)c3ccccc3n2O)[C@@H](C)[C@@H]1C. The number of nitrogens with one attached hydrogen (secondary N) is 1. The minimum atomic E-state index is -1.06. The summed E-state index contributed by atoms with van der Waals surface area (Å²) in [5.41, 5.74) is 8.98. The van der Waals surface area contributed by atoms with Crippen molar-refractivity contribution in [1.29, 1.82) is 0 Å². The second-order valence-electron chi connectivity index (χ2n) is 11.6. The molecule has 0 bridgehead atoms. The molecule has 2 N–H and O–H groups in total. The van der Waals surface area contributed by atoms with E-state index >= 15 is 0 Å². The first kappa shape index (κ1) is 36.2. The van der Waals surface area contributed by atoms with Crippen LogP contribution in [0.1, 0.15) is 66.2 Å². The van der Waals surface area contributed by atoms with E-state index in [1.165, 1.54) is 13.8 Å². The number of hydrogen-bond donors (Lipinski definition) is 2. The van der Waals surface area contributed by atoms with Gasteiger partial charge in [0.2, 0.25) is 6.29 Å². The van der Waals surface area contributed by atoms with Crippen molar-refractivity contribution in [3.63, 3.8) is 0 Å². The van der Waals surface area contributed by atoms with E-state index in [4.69, 9.17) is 19.7 Å². The minimum Gasteiger partial charge on any atom is -0.456 e. The molecule has 2 aromatic rings. The summed E-state index contributed by atoms with van der Waals surface area (Å²) in [6.45, 7) is 8.39. The van der Waals surface area contributed by atoms with Crippen molar-refractivity contribution in [2.24, 2.45) is 17.0 Å². The van der Waals surface area contributed by atoms with Gasteiger partial charge in [0.25, 0.3) is 0 Å². The van der Waals surface area contributed by atoms with Gasteiger partial charge in [-0.2, -0.15) is 0 Å². The van der Waals surface area contributed by atoms with Crippen LogP contribution in [0.5, 0.6) is 0 Å². The van der Waals surface area contributed by atoms with E-state index in [0.29, 0.717) is 42.7 Å². The standard InChI is InChI=1S/C30H45N8O8/c1-20-21(2)28(44-22(3)39)29(45-23(4)40)46-27(20)19-36(17-10-6-5-9-16-33-35-31)18-24(41)12-11-15-32-30-34-38(43)26-14-8-7-13-25(26)37(30)42/h7-8,13-14,20-21,27-29,42H,5-6,9-12,15-19H2,1-4H3,(H,32,34,43)/q+1/t20-,21-,27?,28?,29+/m0/s1. The third-order valence-electron chi connectivity index (χ3n) is 8.10. The summed E-state index contributed by atoms with van der Waals surface area (Å²) in [5.74, 6) is -1.34. The van der Waals surface area contributed by atoms with Crippen molar-refractivity contribution in [1.82, 2.24) is 14.7 Å². The van der Waals surface area contributed by atoms with Gasteiger partial charge in [0.1, 0.15) is 5.78 Å². The fraction of sp³-hybridized carbons (Fsp3) is 0.667. The first-order chi connectivity index (χ1) is 22.0. The summed E-state index contributed by atoms with van der Waals surface area (Å²) in [5, 5.41) is 20.8. The predicted molar refractivity (Wildman–Crippen MR) is 166 cm³/mol. The lowest BCUT2D eigenvalue weighted by Crippen LogP contribution is -2.55. The van der Waals surface area contributed by atoms with E-state index in [0.717, 1.165) is 30.4 Å². The Morgan fingerprint density at radius 1 is 1.11 bits per heavy atom. The molecule has 0 saturated carbocycles. The number of azide groups is 1. The van der Waals surface area contributed by atoms with Crippen molar-refractivity contribution in [3.8, 4) is 0 Å². The molecule has 0 spiro atoms. The third kappa shape index (κ3) is 10.7. The van der Waals surface area contributed by atoms with E-state index in [-0.39, 0.29) is 42.0 Å². The molecule has 0 radical (unpaired) electrons. The van der Waals surface area contributed by atoms with Gasteiger partial charge in [0, 0.05) is 56.8 Å². The fourth-order valence-corrected chi connectivity index (χ4v) is 5.51. The number of para-hydroxylation sites is 2. The van der Waals surface area contributed by atoms with Crippen LogP contribution in [0.15, 0.2) is 29.4 Å². The van der Waals surface area contributed by atoms with Crippen LogP contribution in [0.3, 0.4) is 0 Å². The van der Waals surface area contributed by atoms with Crippen molar-refractivity contribution in [2.75, 3.05) is 38.0 Å². The van der Waals surface area contributed by atoms with Crippen LogP contribution >= 0.6 is 0 Å². The van der Waals surface area contributed by atoms with Gasteiger partial charge in [-0.1, -0.05) is 43.9 Å². The number of esters is 2. The van der Waals surface area contributed by atoms with E-state index < -0.39 is 30.4 Å². The van der Waals surface area contributed by atoms with Crippen LogP contribution in [0, 0.1) is 16.7 Å². The molecule has 1 fully saturated rings. The smallest absolute Gasteiger partial charge is 0.322 e. The number of nitrogens with zero attached hydrogens (tertiary/aromatic N) is 7. The van der Waals surface area contributed by atoms with Gasteiger partial charge >= 0.3 is 23.4 Å². The molecule has 16 heteroatoms. The molecule has 5 atom stereocenters. The number of Topliss-reactive ketones (excluding diaryl/α,β-unsaturated/α-hetero) is 1. The van der Waals surface area contributed by atoms with Crippen molar-refractivity contribution in [2.45, 2.75) is 84.7 Å². The van der Waals surface area contributed by atoms with Gasteiger partial charge in [-0.3, -0.25) is 19.3 Å². The summed E-state index contributed by atoms with van der Waals surface area (Å²) >= 11 is 0. The Hall–Kier alpha value is -4.27. The van der Waals surface area contributed by atoms with Gasteiger partial charge in [-0.15, -0.1) is 4.73 Å². The topological polar surface area (TPSA) is 204 Å². The minimum absolute atomic E-state index is 0.00164. The monoisotopic (exact) mass is 645 g/mol. The van der Waals surface area contributed by atoms with Crippen LogP contribution in [-0.4, -0.2) is 88.9 Å². The molecule has 1 aromatic carbocycles. The molecule has 252 valence electrons. The molecular formula is C30H45N8O8+. The molecule has 0 amide bonds. The van der Waals surface area contributed by atoms with Crippen LogP contribution in [0.2, 0.25) is 0 Å². The number of anilines is 1. The van der Waals surface area contributed by atoms with E-state index in [1.54, 1.807) is 24.3 Å². The summed E-state index contributed by atoms with van der Waals surface area (Å²) in [6.07, 6.45) is 1.83. The number of fused-ring (bicyclic) bond motifs is 1. The summed E-state index contributed by atoms with van der Waals surface area (Å²) < 4.78 is 18.3. The Morgan fingerprint density at radius 3 is 2.54 bits per heavy atom. The van der Waals surface area contributed by atoms with Crippen LogP contribution in [0.25, 0.3) is 21.5 Å². The predicted octanol–water partition coefficient (Wildman–Crippen LogP) is 3.61. The number of carbonyl (C=O) groups is 3. The Bertz CT molecular complexity index is 1450. The molecule has 2 unspecified atom stereocenters. The first-order valence-electron chi connectivity index (χ1n) is 15.6. The fourth-order valence-electron chi connectivity index (χ4n) is 5.51. The number of benzene rings is 1. The second-order valence-corrected chi connectivity index (χ2v) is 11.6. The lowest BCUT2D eigenvalue weighted by atomic mass is 9.83. The molecule has 1 aromatic heterocycles. The molecule has 2 heterocycles. The number of ether oxygens (including phenoxy) is 3. The zero-order chi connectivity index (χ0) is 33.6. The van der Waals surface area contributed by atoms with Crippen molar-refractivity contribution >= 4 is 34.7 Å². The average Bonchev–Trinajstić information content (AvgIpc) is 3.01.